The molecule has 0 saturated heterocycles. The Hall–Kier alpha value is -1.70. The van der Waals surface area contributed by atoms with Crippen LogP contribution in [-0.4, -0.2) is 34.3 Å². The molecule has 0 saturated carbocycles. The van der Waals surface area contributed by atoms with Gasteiger partial charge in [0, 0.05) is 0 Å². The Morgan fingerprint density at radius 3 is 1.86 bits per heavy atom. The molecule has 0 radical (unpaired) electrons. The molecule has 0 aliphatic carbocycles. The minimum Gasteiger partial charge on any atom is -0.395 e. The fourth-order valence-electron chi connectivity index (χ4n) is 1.89. The molecule has 0 atom stereocenters. The van der Waals surface area contributed by atoms with Crippen molar-refractivity contribution in [1.29, 1.82) is 0 Å². The van der Waals surface area contributed by atoms with Crippen molar-refractivity contribution >= 4 is 19.7 Å². The van der Waals surface area contributed by atoms with Crippen LogP contribution in [0.15, 0.2) is 69.3 Å². The first-order valence-corrected chi connectivity index (χ1v) is 9.26. The third-order valence-electron chi connectivity index (χ3n) is 2.89. The van der Waals surface area contributed by atoms with E-state index in [0.717, 1.165) is 0 Å². The van der Waals surface area contributed by atoms with E-state index in [1.165, 1.54) is 36.4 Å². The van der Waals surface area contributed by atoms with E-state index in [1.54, 1.807) is 18.2 Å². The van der Waals surface area contributed by atoms with Crippen LogP contribution in [0, 0.1) is 0 Å². The summed E-state index contributed by atoms with van der Waals surface area (Å²) in [5.41, 5.74) is 0. The zero-order chi connectivity index (χ0) is 15.5. The molecule has 7 heteroatoms. The van der Waals surface area contributed by atoms with Crippen LogP contribution in [0.3, 0.4) is 0 Å². The Kier molecular flexibility index (Phi) is 4.46. The van der Waals surface area contributed by atoms with E-state index in [-0.39, 0.29) is 14.7 Å². The zero-order valence-corrected chi connectivity index (χ0v) is 12.6. The molecule has 0 bridgehead atoms. The van der Waals surface area contributed by atoms with Crippen LogP contribution < -0.4 is 0 Å². The van der Waals surface area contributed by atoms with Gasteiger partial charge < -0.3 is 5.11 Å². The second-order valence-electron chi connectivity index (χ2n) is 4.31. The number of sulfone groups is 2. The molecule has 0 aliphatic rings. The Balaban J connectivity index is 2.67. The molecule has 0 spiro atoms. The summed E-state index contributed by atoms with van der Waals surface area (Å²) < 4.78 is 49.4. The summed E-state index contributed by atoms with van der Waals surface area (Å²) in [5, 5.41) is 8.85. The molecular formula is C14H14O5S2. The van der Waals surface area contributed by atoms with E-state index in [0.29, 0.717) is 0 Å². The van der Waals surface area contributed by atoms with Gasteiger partial charge in [-0.05, 0) is 24.3 Å². The second-order valence-corrected chi connectivity index (χ2v) is 8.30. The number of rotatable bonds is 5. The predicted octanol–water partition coefficient (Wildman–Crippen LogP) is 1.29. The van der Waals surface area contributed by atoms with Crippen molar-refractivity contribution in [3.63, 3.8) is 0 Å². The molecule has 2 aromatic rings. The van der Waals surface area contributed by atoms with Crippen molar-refractivity contribution in [2.45, 2.75) is 14.7 Å². The summed E-state index contributed by atoms with van der Waals surface area (Å²) in [5.74, 6) is -0.520. The van der Waals surface area contributed by atoms with Gasteiger partial charge in [-0.2, -0.15) is 0 Å². The van der Waals surface area contributed by atoms with Gasteiger partial charge in [0.2, 0.25) is 9.84 Å². The average Bonchev–Trinajstić information content (AvgIpc) is 2.48. The molecule has 2 rings (SSSR count). The van der Waals surface area contributed by atoms with Crippen LogP contribution in [0.2, 0.25) is 0 Å². The van der Waals surface area contributed by atoms with Gasteiger partial charge in [0.1, 0.15) is 0 Å². The van der Waals surface area contributed by atoms with Crippen molar-refractivity contribution in [2.24, 2.45) is 0 Å². The zero-order valence-electron chi connectivity index (χ0n) is 11.0. The van der Waals surface area contributed by atoms with Crippen molar-refractivity contribution in [2.75, 3.05) is 12.4 Å². The lowest BCUT2D eigenvalue weighted by Crippen LogP contribution is -2.15. The average molecular weight is 326 g/mol. The third kappa shape index (κ3) is 3.15. The fourth-order valence-corrected chi connectivity index (χ4v) is 5.08. The molecule has 0 fully saturated rings. The Labute approximate surface area is 123 Å². The fraction of sp³-hybridized carbons (Fsp3) is 0.143. The molecule has 0 amide bonds. The SMILES string of the molecule is O=S(=O)(CCO)c1ccccc1S(=O)(=O)c1ccccc1. The van der Waals surface area contributed by atoms with Crippen LogP contribution in [-0.2, 0) is 19.7 Å². The maximum absolute atomic E-state index is 12.6. The van der Waals surface area contributed by atoms with E-state index in [4.69, 9.17) is 5.11 Å². The van der Waals surface area contributed by atoms with Crippen molar-refractivity contribution in [3.05, 3.63) is 54.6 Å². The lowest BCUT2D eigenvalue weighted by molar-refractivity contribution is 0.319. The quantitative estimate of drug-likeness (QED) is 0.894. The minimum absolute atomic E-state index is 0.0247. The smallest absolute Gasteiger partial charge is 0.207 e. The lowest BCUT2D eigenvalue weighted by atomic mass is 10.4. The van der Waals surface area contributed by atoms with Gasteiger partial charge in [-0.3, -0.25) is 0 Å². The van der Waals surface area contributed by atoms with Crippen LogP contribution in [0.5, 0.6) is 0 Å². The van der Waals surface area contributed by atoms with Gasteiger partial charge in [-0.15, -0.1) is 0 Å². The standard InChI is InChI=1S/C14H14O5S2/c15-10-11-20(16,17)13-8-4-5-9-14(13)21(18,19)12-6-2-1-3-7-12/h1-9,15H,10-11H2. The highest BCUT2D eigenvalue weighted by molar-refractivity contribution is 7.94. The number of aliphatic hydroxyl groups excluding tert-OH is 1. The monoisotopic (exact) mass is 326 g/mol. The van der Waals surface area contributed by atoms with E-state index < -0.39 is 32.0 Å². The highest BCUT2D eigenvalue weighted by Crippen LogP contribution is 2.27. The first-order valence-electron chi connectivity index (χ1n) is 6.12. The Morgan fingerprint density at radius 1 is 0.762 bits per heavy atom. The summed E-state index contributed by atoms with van der Waals surface area (Å²) >= 11 is 0. The highest BCUT2D eigenvalue weighted by Gasteiger charge is 2.27. The molecule has 0 aliphatic heterocycles. The van der Waals surface area contributed by atoms with E-state index in [1.807, 2.05) is 0 Å². The van der Waals surface area contributed by atoms with Gasteiger partial charge in [0.15, 0.2) is 9.84 Å². The molecule has 2 aromatic carbocycles. The van der Waals surface area contributed by atoms with Crippen LogP contribution >= 0.6 is 0 Å². The second kappa shape index (κ2) is 5.97. The summed E-state index contributed by atoms with van der Waals surface area (Å²) in [7, 11) is -7.79. The molecule has 5 nitrogen and oxygen atoms in total. The maximum Gasteiger partial charge on any atom is 0.207 e. The summed E-state index contributed by atoms with van der Waals surface area (Å²) in [6.07, 6.45) is 0. The van der Waals surface area contributed by atoms with Crippen molar-refractivity contribution < 1.29 is 21.9 Å². The van der Waals surface area contributed by atoms with Gasteiger partial charge in [0.05, 0.1) is 27.0 Å². The third-order valence-corrected chi connectivity index (χ3v) is 6.59. The van der Waals surface area contributed by atoms with E-state index in [9.17, 15) is 16.8 Å². The molecule has 0 heterocycles. The van der Waals surface area contributed by atoms with Gasteiger partial charge in [-0.1, -0.05) is 30.3 Å². The maximum atomic E-state index is 12.6. The topological polar surface area (TPSA) is 88.5 Å². The number of hydrogen-bond acceptors (Lipinski definition) is 5. The van der Waals surface area contributed by atoms with Crippen LogP contribution in [0.25, 0.3) is 0 Å². The summed E-state index contributed by atoms with van der Waals surface area (Å²) in [4.78, 5) is -0.538. The van der Waals surface area contributed by atoms with Crippen molar-refractivity contribution in [3.8, 4) is 0 Å². The summed E-state index contributed by atoms with van der Waals surface area (Å²) in [6.45, 7) is -0.567. The number of aliphatic hydroxyl groups is 1. The molecule has 1 N–H and O–H groups in total. The molecule has 21 heavy (non-hydrogen) atoms. The number of benzene rings is 2. The minimum atomic E-state index is -3.93. The normalized spacial score (nSPS) is 12.2. The summed E-state index contributed by atoms with van der Waals surface area (Å²) in [6, 6.07) is 13.0. The Bertz CT molecular complexity index is 825. The highest BCUT2D eigenvalue weighted by atomic mass is 32.2. The van der Waals surface area contributed by atoms with Crippen molar-refractivity contribution in [1.82, 2.24) is 0 Å². The number of hydrogen-bond donors (Lipinski definition) is 1. The van der Waals surface area contributed by atoms with Crippen LogP contribution in [0.1, 0.15) is 0 Å². The largest absolute Gasteiger partial charge is 0.395 e. The molecule has 0 aromatic heterocycles. The Morgan fingerprint density at radius 2 is 1.29 bits per heavy atom. The molecular weight excluding hydrogens is 312 g/mol. The van der Waals surface area contributed by atoms with Gasteiger partial charge >= 0.3 is 0 Å². The van der Waals surface area contributed by atoms with E-state index >= 15 is 0 Å². The van der Waals surface area contributed by atoms with Crippen LogP contribution in [0.4, 0.5) is 0 Å². The molecule has 112 valence electrons. The van der Waals surface area contributed by atoms with Gasteiger partial charge in [0.25, 0.3) is 0 Å². The predicted molar refractivity (Wildman–Crippen MR) is 77.5 cm³/mol. The van der Waals surface area contributed by atoms with E-state index in [2.05, 4.69) is 0 Å². The first-order chi connectivity index (χ1) is 9.89. The van der Waals surface area contributed by atoms with Gasteiger partial charge in [-0.25, -0.2) is 16.8 Å². The lowest BCUT2D eigenvalue weighted by Gasteiger charge is -2.10. The molecule has 0 unspecified atom stereocenters. The first kappa shape index (κ1) is 15.7.